The highest BCUT2D eigenvalue weighted by molar-refractivity contribution is 6.31. The number of halogens is 2. The van der Waals surface area contributed by atoms with E-state index >= 15 is 0 Å². The van der Waals surface area contributed by atoms with Crippen molar-refractivity contribution in [3.05, 3.63) is 86.1 Å². The number of aromatic nitrogens is 2. The molecule has 0 atom stereocenters. The zero-order valence-corrected chi connectivity index (χ0v) is 15.5. The minimum Gasteiger partial charge on any atom is -0.360 e. The monoisotopic (exact) mass is 403 g/mol. The highest BCUT2D eigenvalue weighted by atomic mass is 35.5. The first-order chi connectivity index (χ1) is 13.1. The molecule has 27 heavy (non-hydrogen) atoms. The van der Waals surface area contributed by atoms with E-state index in [0.29, 0.717) is 23.1 Å². The summed E-state index contributed by atoms with van der Waals surface area (Å²) >= 11 is 12.2. The molecule has 2 N–H and O–H groups in total. The van der Waals surface area contributed by atoms with E-state index in [0.717, 1.165) is 11.1 Å². The van der Waals surface area contributed by atoms with E-state index in [4.69, 9.17) is 23.2 Å². The van der Waals surface area contributed by atoms with Gasteiger partial charge in [0.2, 0.25) is 11.6 Å². The van der Waals surface area contributed by atoms with Gasteiger partial charge in [-0.05, 0) is 23.3 Å². The number of nitro groups is 1. The predicted octanol–water partition coefficient (Wildman–Crippen LogP) is 4.92. The summed E-state index contributed by atoms with van der Waals surface area (Å²) < 4.78 is 0. The Hall–Kier alpha value is -2.90. The quantitative estimate of drug-likeness (QED) is 0.429. The fourth-order valence-corrected chi connectivity index (χ4v) is 2.86. The van der Waals surface area contributed by atoms with Gasteiger partial charge in [-0.1, -0.05) is 59.6 Å². The molecular weight excluding hydrogens is 389 g/mol. The molecule has 0 aliphatic rings. The van der Waals surface area contributed by atoms with E-state index in [1.165, 1.54) is 6.33 Å². The number of hydrogen-bond acceptors (Lipinski definition) is 6. The van der Waals surface area contributed by atoms with Crippen LogP contribution >= 0.6 is 23.2 Å². The number of anilines is 2. The van der Waals surface area contributed by atoms with Crippen molar-refractivity contribution in [2.75, 3.05) is 10.6 Å². The van der Waals surface area contributed by atoms with E-state index in [2.05, 4.69) is 20.6 Å². The van der Waals surface area contributed by atoms with E-state index in [1.54, 1.807) is 12.1 Å². The van der Waals surface area contributed by atoms with Crippen LogP contribution in [0.5, 0.6) is 0 Å². The number of hydrogen-bond donors (Lipinski definition) is 2. The third kappa shape index (κ3) is 4.64. The SMILES string of the molecule is O=[N+]([O-])c1c(NCc2ccccc2Cl)ncnc1NCc1ccccc1Cl. The smallest absolute Gasteiger partial charge is 0.353 e. The molecular formula is C18H15Cl2N5O2. The van der Waals surface area contributed by atoms with Gasteiger partial charge in [-0.2, -0.15) is 0 Å². The first-order valence-electron chi connectivity index (χ1n) is 8.00. The summed E-state index contributed by atoms with van der Waals surface area (Å²) in [5.74, 6) is 0.216. The molecule has 3 rings (SSSR count). The van der Waals surface area contributed by atoms with Gasteiger partial charge in [0, 0.05) is 23.1 Å². The van der Waals surface area contributed by atoms with Gasteiger partial charge in [-0.25, -0.2) is 9.97 Å². The van der Waals surface area contributed by atoms with Gasteiger partial charge in [0.25, 0.3) is 0 Å². The van der Waals surface area contributed by atoms with Crippen LogP contribution in [0, 0.1) is 10.1 Å². The normalized spacial score (nSPS) is 10.4. The molecule has 3 aromatic rings. The van der Waals surface area contributed by atoms with Gasteiger partial charge in [-0.15, -0.1) is 0 Å². The molecule has 9 heteroatoms. The molecule has 0 radical (unpaired) electrons. The summed E-state index contributed by atoms with van der Waals surface area (Å²) in [6, 6.07) is 14.5. The summed E-state index contributed by atoms with van der Waals surface area (Å²) in [5.41, 5.74) is 1.37. The zero-order valence-electron chi connectivity index (χ0n) is 14.0. The van der Waals surface area contributed by atoms with Crippen LogP contribution in [0.1, 0.15) is 11.1 Å². The van der Waals surface area contributed by atoms with Gasteiger partial charge >= 0.3 is 5.69 Å². The maximum Gasteiger partial charge on any atom is 0.353 e. The van der Waals surface area contributed by atoms with Crippen molar-refractivity contribution >= 4 is 40.5 Å². The summed E-state index contributed by atoms with van der Waals surface area (Å²) in [6.45, 7) is 0.586. The molecule has 0 aliphatic carbocycles. The molecule has 0 bridgehead atoms. The second-order valence-corrected chi connectivity index (χ2v) is 6.38. The van der Waals surface area contributed by atoms with E-state index in [-0.39, 0.29) is 17.3 Å². The van der Waals surface area contributed by atoms with Crippen molar-refractivity contribution in [1.29, 1.82) is 0 Å². The number of nitrogens with zero attached hydrogens (tertiary/aromatic N) is 3. The van der Waals surface area contributed by atoms with Crippen molar-refractivity contribution in [3.63, 3.8) is 0 Å². The summed E-state index contributed by atoms with van der Waals surface area (Å²) in [7, 11) is 0. The van der Waals surface area contributed by atoms with Crippen molar-refractivity contribution in [1.82, 2.24) is 9.97 Å². The van der Waals surface area contributed by atoms with Gasteiger partial charge < -0.3 is 10.6 Å². The van der Waals surface area contributed by atoms with Gasteiger partial charge in [-0.3, -0.25) is 10.1 Å². The van der Waals surface area contributed by atoms with Crippen molar-refractivity contribution in [2.24, 2.45) is 0 Å². The maximum atomic E-state index is 11.6. The average Bonchev–Trinajstić information content (AvgIpc) is 2.66. The molecule has 0 fully saturated rings. The molecule has 0 saturated carbocycles. The predicted molar refractivity (Wildman–Crippen MR) is 106 cm³/mol. The molecule has 0 aliphatic heterocycles. The summed E-state index contributed by atoms with van der Waals surface area (Å²) in [4.78, 5) is 19.1. The van der Waals surface area contributed by atoms with Crippen LogP contribution in [-0.2, 0) is 13.1 Å². The Kier molecular flexibility index (Phi) is 6.05. The van der Waals surface area contributed by atoms with Crippen LogP contribution in [0.2, 0.25) is 10.0 Å². The Bertz CT molecular complexity index is 900. The first-order valence-corrected chi connectivity index (χ1v) is 8.76. The third-order valence-corrected chi connectivity index (χ3v) is 4.55. The number of nitrogens with one attached hydrogen (secondary N) is 2. The highest BCUT2D eigenvalue weighted by Crippen LogP contribution is 2.30. The summed E-state index contributed by atoms with van der Waals surface area (Å²) in [5, 5.41) is 18.6. The minimum atomic E-state index is -0.524. The van der Waals surface area contributed by atoms with Crippen LogP contribution in [0.15, 0.2) is 54.9 Å². The second kappa shape index (κ2) is 8.66. The summed E-state index contributed by atoms with van der Waals surface area (Å²) in [6.07, 6.45) is 1.26. The topological polar surface area (TPSA) is 93.0 Å². The van der Waals surface area contributed by atoms with Crippen molar-refractivity contribution in [3.8, 4) is 0 Å². The molecule has 1 heterocycles. The lowest BCUT2D eigenvalue weighted by Gasteiger charge is -2.11. The highest BCUT2D eigenvalue weighted by Gasteiger charge is 2.23. The Morgan fingerprint density at radius 3 is 1.70 bits per heavy atom. The van der Waals surface area contributed by atoms with E-state index in [1.807, 2.05) is 36.4 Å². The van der Waals surface area contributed by atoms with Crippen LogP contribution in [0.25, 0.3) is 0 Å². The minimum absolute atomic E-state index is 0.108. The molecule has 2 aromatic carbocycles. The molecule has 7 nitrogen and oxygen atoms in total. The molecule has 138 valence electrons. The Morgan fingerprint density at radius 2 is 1.30 bits per heavy atom. The maximum absolute atomic E-state index is 11.6. The fourth-order valence-electron chi connectivity index (χ4n) is 2.45. The molecule has 0 spiro atoms. The average molecular weight is 404 g/mol. The molecule has 0 saturated heterocycles. The second-order valence-electron chi connectivity index (χ2n) is 5.57. The van der Waals surface area contributed by atoms with Crippen molar-refractivity contribution in [2.45, 2.75) is 13.1 Å². The van der Waals surface area contributed by atoms with E-state index in [9.17, 15) is 10.1 Å². The lowest BCUT2D eigenvalue weighted by atomic mass is 10.2. The lowest BCUT2D eigenvalue weighted by Crippen LogP contribution is -2.10. The van der Waals surface area contributed by atoms with Crippen molar-refractivity contribution < 1.29 is 4.92 Å². The van der Waals surface area contributed by atoms with Crippen LogP contribution in [-0.4, -0.2) is 14.9 Å². The van der Waals surface area contributed by atoms with Crippen LogP contribution < -0.4 is 10.6 Å². The Morgan fingerprint density at radius 1 is 0.852 bits per heavy atom. The molecule has 0 amide bonds. The Balaban J connectivity index is 1.81. The Labute approximate surface area is 165 Å². The van der Waals surface area contributed by atoms with E-state index < -0.39 is 4.92 Å². The zero-order chi connectivity index (χ0) is 19.2. The van der Waals surface area contributed by atoms with Gasteiger partial charge in [0.15, 0.2) is 0 Å². The third-order valence-electron chi connectivity index (χ3n) is 3.81. The largest absolute Gasteiger partial charge is 0.360 e. The first kappa shape index (κ1) is 18.9. The fraction of sp³-hybridized carbons (Fsp3) is 0.111. The number of benzene rings is 2. The van der Waals surface area contributed by atoms with Gasteiger partial charge in [0.05, 0.1) is 4.92 Å². The van der Waals surface area contributed by atoms with Crippen LogP contribution in [0.3, 0.4) is 0 Å². The van der Waals surface area contributed by atoms with Gasteiger partial charge in [0.1, 0.15) is 6.33 Å². The van der Waals surface area contributed by atoms with Crippen LogP contribution in [0.4, 0.5) is 17.3 Å². The molecule has 0 unspecified atom stereocenters. The molecule has 1 aromatic heterocycles. The lowest BCUT2D eigenvalue weighted by molar-refractivity contribution is -0.383. The standard InChI is InChI=1S/C18H15Cl2N5O2/c19-14-7-3-1-5-12(14)9-21-17-16(25(26)27)18(24-11-23-17)22-10-13-6-2-4-8-15(13)20/h1-8,11H,9-10H2,(H2,21,22,23,24). The number of rotatable bonds is 7.